The highest BCUT2D eigenvalue weighted by molar-refractivity contribution is 5.80. The molecule has 1 amide bonds. The largest absolute Gasteiger partial charge is 0.481 e. The first-order chi connectivity index (χ1) is 8.47. The van der Waals surface area contributed by atoms with Crippen LogP contribution in [0, 0.1) is 5.92 Å². The molecule has 0 radical (unpaired) electrons. The van der Waals surface area contributed by atoms with Crippen LogP contribution in [0.4, 0.5) is 0 Å². The van der Waals surface area contributed by atoms with Crippen LogP contribution in [-0.4, -0.2) is 27.1 Å². The summed E-state index contributed by atoms with van der Waals surface area (Å²) in [5.74, 6) is 0.0258. The zero-order valence-electron chi connectivity index (χ0n) is 10.5. The number of carboxylic acids is 1. The lowest BCUT2D eigenvalue weighted by Crippen LogP contribution is -2.23. The van der Waals surface area contributed by atoms with Gasteiger partial charge in [-0.2, -0.15) is 4.98 Å². The van der Waals surface area contributed by atoms with E-state index in [9.17, 15) is 9.59 Å². The maximum atomic E-state index is 11.2. The van der Waals surface area contributed by atoms with Crippen LogP contribution < -0.4 is 5.32 Å². The number of amides is 1. The Morgan fingerprint density at radius 1 is 1.39 bits per heavy atom. The second-order valence-electron chi connectivity index (χ2n) is 4.37. The molecule has 1 aromatic rings. The lowest BCUT2D eigenvalue weighted by molar-refractivity contribution is -0.138. The average molecular weight is 255 g/mol. The molecule has 1 heterocycles. The summed E-state index contributed by atoms with van der Waals surface area (Å²) < 4.78 is 4.95. The zero-order valence-corrected chi connectivity index (χ0v) is 10.5. The number of nitrogens with one attached hydrogen (secondary N) is 1. The van der Waals surface area contributed by atoms with E-state index in [0.717, 1.165) is 6.42 Å². The second-order valence-corrected chi connectivity index (χ2v) is 4.37. The highest BCUT2D eigenvalue weighted by Gasteiger charge is 2.10. The van der Waals surface area contributed by atoms with Crippen LogP contribution >= 0.6 is 0 Å². The molecule has 7 heteroatoms. The van der Waals surface area contributed by atoms with Crippen LogP contribution in [0.1, 0.15) is 38.4 Å². The Balaban J connectivity index is 2.32. The number of carboxylic acid groups (broad SMARTS) is 1. The minimum Gasteiger partial charge on any atom is -0.481 e. The first-order valence-corrected chi connectivity index (χ1v) is 5.77. The highest BCUT2D eigenvalue weighted by Crippen LogP contribution is 2.04. The Labute approximate surface area is 105 Å². The van der Waals surface area contributed by atoms with Crippen molar-refractivity contribution in [2.24, 2.45) is 5.92 Å². The Bertz CT molecular complexity index is 414. The third-order valence-corrected chi connectivity index (χ3v) is 2.10. The van der Waals surface area contributed by atoms with E-state index >= 15 is 0 Å². The Morgan fingerprint density at radius 3 is 2.72 bits per heavy atom. The zero-order chi connectivity index (χ0) is 13.5. The molecule has 100 valence electrons. The van der Waals surface area contributed by atoms with E-state index in [0.29, 0.717) is 17.6 Å². The first kappa shape index (κ1) is 14.1. The van der Waals surface area contributed by atoms with Gasteiger partial charge in [-0.15, -0.1) is 0 Å². The van der Waals surface area contributed by atoms with Gasteiger partial charge in [0.2, 0.25) is 11.8 Å². The van der Waals surface area contributed by atoms with Gasteiger partial charge < -0.3 is 14.9 Å². The van der Waals surface area contributed by atoms with E-state index < -0.39 is 5.97 Å². The smallest absolute Gasteiger partial charge is 0.303 e. The van der Waals surface area contributed by atoms with Gasteiger partial charge in [-0.1, -0.05) is 19.0 Å². The number of hydrogen-bond acceptors (Lipinski definition) is 5. The lowest BCUT2D eigenvalue weighted by atomic mass is 10.1. The predicted octanol–water partition coefficient (Wildman–Crippen LogP) is 0.749. The number of rotatable bonds is 7. The van der Waals surface area contributed by atoms with Crippen molar-refractivity contribution >= 4 is 11.9 Å². The molecule has 0 spiro atoms. The van der Waals surface area contributed by atoms with Gasteiger partial charge in [-0.3, -0.25) is 9.59 Å². The van der Waals surface area contributed by atoms with Gasteiger partial charge in [-0.25, -0.2) is 0 Å². The van der Waals surface area contributed by atoms with Gasteiger partial charge >= 0.3 is 5.97 Å². The summed E-state index contributed by atoms with van der Waals surface area (Å²) in [5.41, 5.74) is 0. The quantitative estimate of drug-likeness (QED) is 0.744. The van der Waals surface area contributed by atoms with Crippen LogP contribution in [0.25, 0.3) is 0 Å². The minimum absolute atomic E-state index is 0.0533. The molecule has 0 saturated heterocycles. The van der Waals surface area contributed by atoms with Gasteiger partial charge in [0.1, 0.15) is 0 Å². The van der Waals surface area contributed by atoms with Crippen LogP contribution in [0.15, 0.2) is 4.52 Å². The molecule has 1 rings (SSSR count). The molecule has 2 N–H and O–H groups in total. The molecule has 0 aliphatic carbocycles. The third kappa shape index (κ3) is 5.42. The number of hydrogen-bond donors (Lipinski definition) is 2. The van der Waals surface area contributed by atoms with Crippen molar-refractivity contribution in [3.8, 4) is 0 Å². The summed E-state index contributed by atoms with van der Waals surface area (Å²) >= 11 is 0. The Morgan fingerprint density at radius 2 is 2.11 bits per heavy atom. The molecular formula is C11H17N3O4. The molecule has 0 aliphatic heterocycles. The summed E-state index contributed by atoms with van der Waals surface area (Å²) in [6, 6.07) is 0. The number of nitrogens with zero attached hydrogens (tertiary/aromatic N) is 2. The van der Waals surface area contributed by atoms with E-state index in [1.54, 1.807) is 0 Å². The maximum Gasteiger partial charge on any atom is 0.303 e. The van der Waals surface area contributed by atoms with E-state index in [4.69, 9.17) is 9.63 Å². The molecule has 7 nitrogen and oxygen atoms in total. The van der Waals surface area contributed by atoms with Crippen molar-refractivity contribution in [2.45, 2.75) is 39.7 Å². The van der Waals surface area contributed by atoms with Crippen LogP contribution in [0.3, 0.4) is 0 Å². The summed E-state index contributed by atoms with van der Waals surface area (Å²) in [6.07, 6.45) is 0.479. The molecule has 18 heavy (non-hydrogen) atoms. The Hall–Kier alpha value is -1.92. The molecule has 1 aromatic heterocycles. The summed E-state index contributed by atoms with van der Waals surface area (Å²) in [6.45, 7) is 4.22. The van der Waals surface area contributed by atoms with Gasteiger partial charge in [0.25, 0.3) is 0 Å². The van der Waals surface area contributed by atoms with Gasteiger partial charge in [-0.05, 0) is 5.92 Å². The maximum absolute atomic E-state index is 11.2. The Kier molecular flexibility index (Phi) is 5.29. The molecule has 0 bridgehead atoms. The van der Waals surface area contributed by atoms with Crippen molar-refractivity contribution < 1.29 is 19.2 Å². The standard InChI is InChI=1S/C11H17N3O4/c1-7(2)5-8-13-10(18-14-8)6-12-9(15)3-4-11(16)17/h7H,3-6H2,1-2H3,(H,12,15)(H,16,17). The molecule has 0 atom stereocenters. The number of carbonyl (C=O) groups is 2. The highest BCUT2D eigenvalue weighted by atomic mass is 16.5. The summed E-state index contributed by atoms with van der Waals surface area (Å²) in [7, 11) is 0. The van der Waals surface area contributed by atoms with E-state index in [1.165, 1.54) is 0 Å². The molecule has 0 aromatic carbocycles. The van der Waals surface area contributed by atoms with Crippen molar-refractivity contribution in [3.63, 3.8) is 0 Å². The predicted molar refractivity (Wildman–Crippen MR) is 61.6 cm³/mol. The lowest BCUT2D eigenvalue weighted by Gasteiger charge is -1.99. The number of aromatic nitrogens is 2. The number of aliphatic carboxylic acids is 1. The van der Waals surface area contributed by atoms with E-state index in [2.05, 4.69) is 15.5 Å². The SMILES string of the molecule is CC(C)Cc1noc(CNC(=O)CCC(=O)O)n1. The third-order valence-electron chi connectivity index (χ3n) is 2.10. The molecule has 0 fully saturated rings. The molecule has 0 saturated carbocycles. The monoisotopic (exact) mass is 255 g/mol. The molecule has 0 aliphatic rings. The number of carbonyl (C=O) groups excluding carboxylic acids is 1. The van der Waals surface area contributed by atoms with Crippen LogP contribution in [-0.2, 0) is 22.6 Å². The minimum atomic E-state index is -0.998. The van der Waals surface area contributed by atoms with E-state index in [-0.39, 0.29) is 25.3 Å². The summed E-state index contributed by atoms with van der Waals surface area (Å²) in [4.78, 5) is 25.6. The topological polar surface area (TPSA) is 105 Å². The van der Waals surface area contributed by atoms with Crippen molar-refractivity contribution in [3.05, 3.63) is 11.7 Å². The van der Waals surface area contributed by atoms with Gasteiger partial charge in [0.05, 0.1) is 13.0 Å². The fourth-order valence-electron chi connectivity index (χ4n) is 1.29. The molecular weight excluding hydrogens is 238 g/mol. The van der Waals surface area contributed by atoms with Crippen LogP contribution in [0.2, 0.25) is 0 Å². The molecule has 0 unspecified atom stereocenters. The van der Waals surface area contributed by atoms with Crippen molar-refractivity contribution in [1.29, 1.82) is 0 Å². The van der Waals surface area contributed by atoms with Crippen LogP contribution in [0.5, 0.6) is 0 Å². The average Bonchev–Trinajstić information content (AvgIpc) is 2.70. The van der Waals surface area contributed by atoms with Crippen molar-refractivity contribution in [2.75, 3.05) is 0 Å². The van der Waals surface area contributed by atoms with Gasteiger partial charge in [0, 0.05) is 12.8 Å². The first-order valence-electron chi connectivity index (χ1n) is 5.77. The second kappa shape index (κ2) is 6.73. The normalized spacial score (nSPS) is 10.6. The van der Waals surface area contributed by atoms with Crippen molar-refractivity contribution in [1.82, 2.24) is 15.5 Å². The van der Waals surface area contributed by atoms with Gasteiger partial charge in [0.15, 0.2) is 5.82 Å². The van der Waals surface area contributed by atoms with E-state index in [1.807, 2.05) is 13.8 Å². The fraction of sp³-hybridized carbons (Fsp3) is 0.636. The fourth-order valence-corrected chi connectivity index (χ4v) is 1.29. The summed E-state index contributed by atoms with van der Waals surface area (Å²) in [5, 5.41) is 14.7.